The van der Waals surface area contributed by atoms with Crippen LogP contribution in [-0.4, -0.2) is 17.7 Å². The highest BCUT2D eigenvalue weighted by Gasteiger charge is 2.10. The molecular weight excluding hydrogens is 260 g/mol. The Morgan fingerprint density at radius 3 is 3.00 bits per heavy atom. The minimum Gasteiger partial charge on any atom is -0.450 e. The van der Waals surface area contributed by atoms with Crippen molar-refractivity contribution in [1.29, 1.82) is 0 Å². The molecule has 4 nitrogen and oxygen atoms in total. The van der Waals surface area contributed by atoms with E-state index in [0.29, 0.717) is 11.7 Å². The Labute approximate surface area is 114 Å². The van der Waals surface area contributed by atoms with Gasteiger partial charge in [-0.2, -0.15) is 0 Å². The van der Waals surface area contributed by atoms with Crippen LogP contribution in [0.5, 0.6) is 0 Å². The van der Waals surface area contributed by atoms with Gasteiger partial charge in [-0.05, 0) is 18.4 Å². The zero-order chi connectivity index (χ0) is 13.2. The molecule has 0 spiro atoms. The Morgan fingerprint density at radius 2 is 2.16 bits per heavy atom. The number of benzene rings is 2. The first-order valence-electron chi connectivity index (χ1n) is 6.00. The second kappa shape index (κ2) is 4.85. The summed E-state index contributed by atoms with van der Waals surface area (Å²) in [5, 5.41) is 5.44. The summed E-state index contributed by atoms with van der Waals surface area (Å²) in [4.78, 5) is 15.9. The molecule has 2 aromatic carbocycles. The van der Waals surface area contributed by atoms with E-state index in [4.69, 9.17) is 4.74 Å². The summed E-state index contributed by atoms with van der Waals surface area (Å²) in [5.41, 5.74) is 0.912. The first-order valence-corrected chi connectivity index (χ1v) is 6.81. The molecule has 5 heteroatoms. The largest absolute Gasteiger partial charge is 0.450 e. The number of nitrogens with one attached hydrogen (secondary N) is 1. The molecule has 3 aromatic rings. The summed E-state index contributed by atoms with van der Waals surface area (Å²) in [6, 6.07) is 12.1. The smallest absolute Gasteiger partial charge is 0.413 e. The average Bonchev–Trinajstić information content (AvgIpc) is 2.81. The number of amides is 1. The van der Waals surface area contributed by atoms with Crippen LogP contribution in [0, 0.1) is 0 Å². The molecule has 0 bridgehead atoms. The van der Waals surface area contributed by atoms with Gasteiger partial charge in [0.05, 0.1) is 16.8 Å². The molecule has 96 valence electrons. The normalized spacial score (nSPS) is 10.8. The molecule has 0 saturated carbocycles. The molecule has 0 aliphatic heterocycles. The Hall–Kier alpha value is -2.14. The highest BCUT2D eigenvalue weighted by molar-refractivity contribution is 7.22. The van der Waals surface area contributed by atoms with Gasteiger partial charge in [-0.3, -0.25) is 5.32 Å². The Kier molecular flexibility index (Phi) is 3.05. The van der Waals surface area contributed by atoms with E-state index in [9.17, 15) is 4.79 Å². The number of hydrogen-bond acceptors (Lipinski definition) is 4. The molecule has 0 radical (unpaired) electrons. The molecule has 0 atom stereocenters. The van der Waals surface area contributed by atoms with Crippen LogP contribution < -0.4 is 5.32 Å². The molecular formula is C14H12N2O2S. The van der Waals surface area contributed by atoms with Crippen molar-refractivity contribution >= 4 is 43.6 Å². The molecule has 1 aromatic heterocycles. The predicted molar refractivity (Wildman–Crippen MR) is 77.8 cm³/mol. The van der Waals surface area contributed by atoms with Crippen LogP contribution in [0.2, 0.25) is 0 Å². The lowest BCUT2D eigenvalue weighted by atomic mass is 10.1. The fourth-order valence-electron chi connectivity index (χ4n) is 1.97. The summed E-state index contributed by atoms with van der Waals surface area (Å²) < 4.78 is 5.89. The summed E-state index contributed by atoms with van der Waals surface area (Å²) >= 11 is 1.44. The van der Waals surface area contributed by atoms with Gasteiger partial charge in [0.15, 0.2) is 5.13 Å². The fraction of sp³-hybridized carbons (Fsp3) is 0.143. The van der Waals surface area contributed by atoms with Gasteiger partial charge in [0.25, 0.3) is 0 Å². The lowest BCUT2D eigenvalue weighted by Crippen LogP contribution is -2.12. The lowest BCUT2D eigenvalue weighted by Gasteiger charge is -1.99. The zero-order valence-corrected chi connectivity index (χ0v) is 11.2. The summed E-state index contributed by atoms with van der Waals surface area (Å²) in [7, 11) is 0. The average molecular weight is 272 g/mol. The van der Waals surface area contributed by atoms with Crippen LogP contribution in [-0.2, 0) is 4.74 Å². The van der Waals surface area contributed by atoms with E-state index in [1.165, 1.54) is 11.3 Å². The zero-order valence-electron chi connectivity index (χ0n) is 10.3. The van der Waals surface area contributed by atoms with E-state index in [2.05, 4.69) is 16.4 Å². The highest BCUT2D eigenvalue weighted by Crippen LogP contribution is 2.31. The van der Waals surface area contributed by atoms with Gasteiger partial charge in [0.1, 0.15) is 0 Å². The fourth-order valence-corrected chi connectivity index (χ4v) is 2.84. The molecule has 0 aliphatic carbocycles. The molecule has 1 N–H and O–H groups in total. The van der Waals surface area contributed by atoms with E-state index in [-0.39, 0.29) is 0 Å². The van der Waals surface area contributed by atoms with E-state index < -0.39 is 6.09 Å². The van der Waals surface area contributed by atoms with Crippen molar-refractivity contribution in [3.05, 3.63) is 36.4 Å². The number of thiazole rings is 1. The SMILES string of the molecule is CCOC(=O)Nc1nc2c(ccc3ccccc32)s1. The Morgan fingerprint density at radius 1 is 1.32 bits per heavy atom. The molecule has 1 heterocycles. The van der Waals surface area contributed by atoms with Crippen molar-refractivity contribution in [2.75, 3.05) is 11.9 Å². The topological polar surface area (TPSA) is 51.2 Å². The summed E-state index contributed by atoms with van der Waals surface area (Å²) in [6.07, 6.45) is -0.467. The Balaban J connectivity index is 2.05. The van der Waals surface area contributed by atoms with Gasteiger partial charge in [0.2, 0.25) is 0 Å². The Bertz CT molecular complexity index is 751. The highest BCUT2D eigenvalue weighted by atomic mass is 32.1. The van der Waals surface area contributed by atoms with Crippen LogP contribution >= 0.6 is 11.3 Å². The molecule has 1 amide bonds. The molecule has 0 unspecified atom stereocenters. The minimum atomic E-state index is -0.467. The maximum atomic E-state index is 11.4. The van der Waals surface area contributed by atoms with Crippen LogP contribution in [0.4, 0.5) is 9.93 Å². The van der Waals surface area contributed by atoms with Crippen molar-refractivity contribution in [2.24, 2.45) is 0 Å². The van der Waals surface area contributed by atoms with Gasteiger partial charge in [-0.1, -0.05) is 41.7 Å². The van der Waals surface area contributed by atoms with Crippen LogP contribution in [0.25, 0.3) is 21.0 Å². The number of hydrogen-bond donors (Lipinski definition) is 1. The summed E-state index contributed by atoms with van der Waals surface area (Å²) in [6.45, 7) is 2.12. The van der Waals surface area contributed by atoms with Gasteiger partial charge in [-0.15, -0.1) is 0 Å². The predicted octanol–water partition coefficient (Wildman–Crippen LogP) is 4.02. The van der Waals surface area contributed by atoms with Gasteiger partial charge < -0.3 is 4.74 Å². The van der Waals surface area contributed by atoms with E-state index in [0.717, 1.165) is 21.0 Å². The van der Waals surface area contributed by atoms with Crippen molar-refractivity contribution in [1.82, 2.24) is 4.98 Å². The number of anilines is 1. The van der Waals surface area contributed by atoms with Gasteiger partial charge in [0, 0.05) is 5.39 Å². The number of aromatic nitrogens is 1. The van der Waals surface area contributed by atoms with E-state index in [1.807, 2.05) is 30.3 Å². The van der Waals surface area contributed by atoms with Crippen molar-refractivity contribution < 1.29 is 9.53 Å². The van der Waals surface area contributed by atoms with Crippen molar-refractivity contribution in [3.8, 4) is 0 Å². The van der Waals surface area contributed by atoms with Crippen molar-refractivity contribution in [2.45, 2.75) is 6.92 Å². The number of carbonyl (C=O) groups is 1. The monoisotopic (exact) mass is 272 g/mol. The maximum absolute atomic E-state index is 11.4. The third kappa shape index (κ3) is 2.24. The molecule has 19 heavy (non-hydrogen) atoms. The van der Waals surface area contributed by atoms with Crippen LogP contribution in [0.15, 0.2) is 36.4 Å². The summed E-state index contributed by atoms with van der Waals surface area (Å²) in [5.74, 6) is 0. The third-order valence-electron chi connectivity index (χ3n) is 2.77. The minimum absolute atomic E-state index is 0.347. The quantitative estimate of drug-likeness (QED) is 0.766. The number of carbonyl (C=O) groups excluding carboxylic acids is 1. The van der Waals surface area contributed by atoms with Gasteiger partial charge >= 0.3 is 6.09 Å². The second-order valence-electron chi connectivity index (χ2n) is 4.00. The molecule has 0 aliphatic rings. The lowest BCUT2D eigenvalue weighted by molar-refractivity contribution is 0.168. The van der Waals surface area contributed by atoms with E-state index >= 15 is 0 Å². The molecule has 0 fully saturated rings. The standard InChI is InChI=1S/C14H12N2O2S/c1-2-18-14(17)16-13-15-12-10-6-4-3-5-9(10)7-8-11(12)19-13/h3-8H,2H2,1H3,(H,15,16,17). The number of nitrogens with zero attached hydrogens (tertiary/aromatic N) is 1. The molecule has 3 rings (SSSR count). The van der Waals surface area contributed by atoms with E-state index in [1.54, 1.807) is 6.92 Å². The number of fused-ring (bicyclic) bond motifs is 3. The van der Waals surface area contributed by atoms with Crippen molar-refractivity contribution in [3.63, 3.8) is 0 Å². The first kappa shape index (κ1) is 11.9. The first-order chi connectivity index (χ1) is 9.28. The molecule has 0 saturated heterocycles. The van der Waals surface area contributed by atoms with Crippen LogP contribution in [0.1, 0.15) is 6.92 Å². The maximum Gasteiger partial charge on any atom is 0.413 e. The third-order valence-corrected chi connectivity index (χ3v) is 3.70. The number of rotatable bonds is 2. The van der Waals surface area contributed by atoms with Crippen LogP contribution in [0.3, 0.4) is 0 Å². The number of ether oxygens (including phenoxy) is 1. The van der Waals surface area contributed by atoms with Gasteiger partial charge in [-0.25, -0.2) is 9.78 Å². The second-order valence-corrected chi connectivity index (χ2v) is 5.03.